The number of carbonyl (C=O) groups is 2. The maximum Gasteiger partial charge on any atom is 0.252 e. The second-order valence-electron chi connectivity index (χ2n) is 6.30. The molecule has 1 amide bonds. The zero-order valence-corrected chi connectivity index (χ0v) is 15.2. The highest BCUT2D eigenvalue weighted by atomic mass is 35.5. The van der Waals surface area contributed by atoms with Crippen molar-refractivity contribution in [3.05, 3.63) is 71.0 Å². The fourth-order valence-electron chi connectivity index (χ4n) is 3.07. The molecule has 0 bridgehead atoms. The van der Waals surface area contributed by atoms with E-state index in [1.165, 1.54) is 24.3 Å². The number of piperidine rings is 1. The minimum atomic E-state index is -0.399. The van der Waals surface area contributed by atoms with E-state index in [0.717, 1.165) is 25.9 Å². The van der Waals surface area contributed by atoms with Gasteiger partial charge in [0.25, 0.3) is 5.91 Å². The lowest BCUT2D eigenvalue weighted by atomic mass is 9.97. The maximum absolute atomic E-state index is 13.1. The molecule has 1 aliphatic heterocycles. The summed E-state index contributed by atoms with van der Waals surface area (Å²) in [6.45, 7) is 2.51. The molecule has 0 aliphatic carbocycles. The Kier molecular flexibility index (Phi) is 7.30. The van der Waals surface area contributed by atoms with Crippen LogP contribution in [-0.4, -0.2) is 31.3 Å². The fourth-order valence-corrected chi connectivity index (χ4v) is 3.07. The van der Waals surface area contributed by atoms with Gasteiger partial charge in [0.05, 0.1) is 5.56 Å². The van der Waals surface area contributed by atoms with Gasteiger partial charge >= 0.3 is 0 Å². The molecule has 138 valence electrons. The zero-order valence-electron chi connectivity index (χ0n) is 14.3. The molecular formula is C20H22ClFN2O2. The van der Waals surface area contributed by atoms with Crippen LogP contribution >= 0.6 is 12.4 Å². The third kappa shape index (κ3) is 4.90. The van der Waals surface area contributed by atoms with E-state index in [4.69, 9.17) is 0 Å². The molecule has 4 nitrogen and oxygen atoms in total. The summed E-state index contributed by atoms with van der Waals surface area (Å²) in [5.41, 5.74) is 1.03. The van der Waals surface area contributed by atoms with Crippen molar-refractivity contribution < 1.29 is 14.0 Å². The fraction of sp³-hybridized carbons (Fsp3) is 0.300. The molecule has 1 saturated heterocycles. The Morgan fingerprint density at radius 2 is 1.77 bits per heavy atom. The van der Waals surface area contributed by atoms with Gasteiger partial charge in [-0.3, -0.25) is 9.59 Å². The highest BCUT2D eigenvalue weighted by molar-refractivity contribution is 6.15. The molecule has 26 heavy (non-hydrogen) atoms. The second-order valence-corrected chi connectivity index (χ2v) is 6.30. The van der Waals surface area contributed by atoms with Crippen LogP contribution in [-0.2, 0) is 0 Å². The molecule has 0 saturated carbocycles. The molecule has 1 heterocycles. The maximum atomic E-state index is 13.1. The highest BCUT2D eigenvalue weighted by Gasteiger charge is 2.19. The topological polar surface area (TPSA) is 58.2 Å². The Morgan fingerprint density at radius 3 is 2.42 bits per heavy atom. The molecule has 1 unspecified atom stereocenters. The van der Waals surface area contributed by atoms with E-state index in [2.05, 4.69) is 10.6 Å². The zero-order chi connectivity index (χ0) is 17.6. The van der Waals surface area contributed by atoms with Crippen molar-refractivity contribution >= 4 is 24.1 Å². The number of carbonyl (C=O) groups excluding carboxylic acids is 2. The van der Waals surface area contributed by atoms with Crippen molar-refractivity contribution in [2.24, 2.45) is 5.92 Å². The SMILES string of the molecule is Cl.O=C(NCC1CCCNC1)c1ccccc1C(=O)c1ccc(F)cc1. The molecule has 1 aliphatic rings. The first-order chi connectivity index (χ1) is 12.1. The Hall–Kier alpha value is -2.24. The average Bonchev–Trinajstić information content (AvgIpc) is 2.67. The van der Waals surface area contributed by atoms with Crippen LogP contribution in [0.3, 0.4) is 0 Å². The molecule has 1 atom stereocenters. The summed E-state index contributed by atoms with van der Waals surface area (Å²) in [6, 6.07) is 12.1. The van der Waals surface area contributed by atoms with Crippen molar-refractivity contribution in [3.63, 3.8) is 0 Å². The smallest absolute Gasteiger partial charge is 0.252 e. The summed E-state index contributed by atoms with van der Waals surface area (Å²) in [4.78, 5) is 25.2. The summed E-state index contributed by atoms with van der Waals surface area (Å²) >= 11 is 0. The number of ketones is 1. The number of benzene rings is 2. The molecule has 1 fully saturated rings. The summed E-state index contributed by atoms with van der Waals surface area (Å²) in [6.07, 6.45) is 2.20. The van der Waals surface area contributed by atoms with Crippen LogP contribution in [0.2, 0.25) is 0 Å². The largest absolute Gasteiger partial charge is 0.352 e. The van der Waals surface area contributed by atoms with E-state index in [0.29, 0.717) is 29.2 Å². The van der Waals surface area contributed by atoms with Gasteiger partial charge in [-0.05, 0) is 62.2 Å². The first-order valence-corrected chi connectivity index (χ1v) is 8.53. The number of hydrogen-bond acceptors (Lipinski definition) is 3. The molecule has 2 N–H and O–H groups in total. The van der Waals surface area contributed by atoms with Gasteiger partial charge in [-0.1, -0.05) is 18.2 Å². The number of nitrogens with one attached hydrogen (secondary N) is 2. The van der Waals surface area contributed by atoms with Gasteiger partial charge in [0, 0.05) is 17.7 Å². The van der Waals surface area contributed by atoms with E-state index in [1.54, 1.807) is 24.3 Å². The molecule has 2 aromatic carbocycles. The number of halogens is 2. The number of rotatable bonds is 5. The van der Waals surface area contributed by atoms with Gasteiger partial charge in [-0.2, -0.15) is 0 Å². The molecule has 0 radical (unpaired) electrons. The lowest BCUT2D eigenvalue weighted by Crippen LogP contribution is -2.38. The standard InChI is InChI=1S/C20H21FN2O2.ClH/c21-16-9-7-15(8-10-16)19(24)17-5-1-2-6-18(17)20(25)23-13-14-4-3-11-22-12-14;/h1-2,5-10,14,22H,3-4,11-13H2,(H,23,25);1H. The van der Waals surface area contributed by atoms with Crippen molar-refractivity contribution in [2.45, 2.75) is 12.8 Å². The number of amides is 1. The monoisotopic (exact) mass is 376 g/mol. The predicted molar refractivity (Wildman–Crippen MR) is 101 cm³/mol. The molecule has 0 aromatic heterocycles. The van der Waals surface area contributed by atoms with Crippen molar-refractivity contribution in [1.29, 1.82) is 0 Å². The third-order valence-electron chi connectivity index (χ3n) is 4.47. The molecule has 2 aromatic rings. The summed E-state index contributed by atoms with van der Waals surface area (Å²) in [5, 5.41) is 6.25. The molecule has 3 rings (SSSR count). The Labute approximate surface area is 158 Å². The number of hydrogen-bond donors (Lipinski definition) is 2. The van der Waals surface area contributed by atoms with Crippen LogP contribution in [0.15, 0.2) is 48.5 Å². The Bertz CT molecular complexity index is 759. The van der Waals surface area contributed by atoms with Gasteiger partial charge in [0.1, 0.15) is 5.82 Å². The summed E-state index contributed by atoms with van der Waals surface area (Å²) in [7, 11) is 0. The van der Waals surface area contributed by atoms with Crippen LogP contribution in [0, 0.1) is 11.7 Å². The van der Waals surface area contributed by atoms with Crippen LogP contribution in [0.25, 0.3) is 0 Å². The summed E-state index contributed by atoms with van der Waals surface area (Å²) in [5.74, 6) is -0.525. The van der Waals surface area contributed by atoms with Crippen LogP contribution < -0.4 is 10.6 Å². The van der Waals surface area contributed by atoms with Crippen molar-refractivity contribution in [3.8, 4) is 0 Å². The van der Waals surface area contributed by atoms with Crippen molar-refractivity contribution in [1.82, 2.24) is 10.6 Å². The highest BCUT2D eigenvalue weighted by Crippen LogP contribution is 2.16. The normalized spacial score (nSPS) is 16.4. The Balaban J connectivity index is 0.00000243. The van der Waals surface area contributed by atoms with E-state index >= 15 is 0 Å². The predicted octanol–water partition coefficient (Wildman–Crippen LogP) is 3.21. The summed E-state index contributed by atoms with van der Waals surface area (Å²) < 4.78 is 13.1. The van der Waals surface area contributed by atoms with Crippen molar-refractivity contribution in [2.75, 3.05) is 19.6 Å². The minimum Gasteiger partial charge on any atom is -0.352 e. The lowest BCUT2D eigenvalue weighted by Gasteiger charge is -2.23. The van der Waals surface area contributed by atoms with E-state index in [-0.39, 0.29) is 24.1 Å². The van der Waals surface area contributed by atoms with Crippen LogP contribution in [0.1, 0.15) is 39.1 Å². The van der Waals surface area contributed by atoms with Gasteiger partial charge in [0.15, 0.2) is 5.78 Å². The molecule has 6 heteroatoms. The van der Waals surface area contributed by atoms with Gasteiger partial charge in [-0.25, -0.2) is 4.39 Å². The first kappa shape index (κ1) is 20.1. The van der Waals surface area contributed by atoms with E-state index < -0.39 is 5.82 Å². The van der Waals surface area contributed by atoms with Gasteiger partial charge in [0.2, 0.25) is 0 Å². The first-order valence-electron chi connectivity index (χ1n) is 8.53. The second kappa shape index (κ2) is 9.46. The van der Waals surface area contributed by atoms with Gasteiger partial charge in [-0.15, -0.1) is 12.4 Å². The van der Waals surface area contributed by atoms with E-state index in [1.807, 2.05) is 0 Å². The average molecular weight is 377 g/mol. The van der Waals surface area contributed by atoms with Crippen LogP contribution in [0.4, 0.5) is 4.39 Å². The third-order valence-corrected chi connectivity index (χ3v) is 4.47. The Morgan fingerprint density at radius 1 is 1.08 bits per heavy atom. The van der Waals surface area contributed by atoms with E-state index in [9.17, 15) is 14.0 Å². The molecular weight excluding hydrogens is 355 g/mol. The van der Waals surface area contributed by atoms with Crippen LogP contribution in [0.5, 0.6) is 0 Å². The molecule has 0 spiro atoms. The quantitative estimate of drug-likeness (QED) is 0.788. The van der Waals surface area contributed by atoms with Gasteiger partial charge < -0.3 is 10.6 Å². The minimum absolute atomic E-state index is 0. The lowest BCUT2D eigenvalue weighted by molar-refractivity contribution is 0.0934.